The van der Waals surface area contributed by atoms with E-state index < -0.39 is 17.5 Å². The fourth-order valence-electron chi connectivity index (χ4n) is 2.77. The summed E-state index contributed by atoms with van der Waals surface area (Å²) in [5.41, 5.74) is 0.997. The Morgan fingerprint density at radius 3 is 2.55 bits per heavy atom. The van der Waals surface area contributed by atoms with E-state index in [4.69, 9.17) is 0 Å². The van der Waals surface area contributed by atoms with Crippen LogP contribution in [0.5, 0.6) is 0 Å². The summed E-state index contributed by atoms with van der Waals surface area (Å²) in [6.07, 6.45) is 0. The monoisotopic (exact) mass is 294 g/mol. The summed E-state index contributed by atoms with van der Waals surface area (Å²) in [5.74, 6) is -1.80. The highest BCUT2D eigenvalue weighted by Gasteiger charge is 2.31. The van der Waals surface area contributed by atoms with Gasteiger partial charge in [0.05, 0.1) is 16.9 Å². The highest BCUT2D eigenvalue weighted by Crippen LogP contribution is 2.34. The first kappa shape index (κ1) is 13.4. The van der Waals surface area contributed by atoms with Gasteiger partial charge in [-0.25, -0.2) is 4.39 Å². The van der Waals surface area contributed by atoms with Crippen molar-refractivity contribution < 1.29 is 14.0 Å². The fraction of sp³-hybridized carbons (Fsp3) is 0.429. The molecule has 1 amide bonds. The number of Topliss-reactive ketones (excluding diaryl/α,β-unsaturated/α-hetero) is 1. The quantitative estimate of drug-likeness (QED) is 0.807. The number of halogens is 1. The molecule has 2 heterocycles. The number of hydrogen-bond donors (Lipinski definition) is 1. The smallest absolute Gasteiger partial charge is 0.296 e. The SMILES string of the molecule is CC1CN(c2cc3c(cc2F)C(=O)C(=O)N3)CC(C)S1. The zero-order chi connectivity index (χ0) is 14.4. The average molecular weight is 294 g/mol. The molecule has 2 atom stereocenters. The third-order valence-electron chi connectivity index (χ3n) is 3.55. The number of carbonyl (C=O) groups is 2. The van der Waals surface area contributed by atoms with Crippen molar-refractivity contribution in [3.05, 3.63) is 23.5 Å². The number of ketones is 1. The molecule has 1 aromatic carbocycles. The molecule has 106 valence electrons. The first-order valence-corrected chi connectivity index (χ1v) is 7.49. The van der Waals surface area contributed by atoms with E-state index in [2.05, 4.69) is 19.2 Å². The second-order valence-corrected chi connectivity index (χ2v) is 7.18. The zero-order valence-corrected chi connectivity index (χ0v) is 12.1. The van der Waals surface area contributed by atoms with Crippen molar-refractivity contribution in [1.29, 1.82) is 0 Å². The first-order valence-electron chi connectivity index (χ1n) is 6.55. The average Bonchev–Trinajstić information content (AvgIpc) is 2.63. The van der Waals surface area contributed by atoms with Crippen molar-refractivity contribution in [1.82, 2.24) is 0 Å². The third-order valence-corrected chi connectivity index (χ3v) is 4.77. The molecule has 2 aliphatic rings. The Morgan fingerprint density at radius 2 is 1.90 bits per heavy atom. The van der Waals surface area contributed by atoms with Crippen LogP contribution < -0.4 is 10.2 Å². The van der Waals surface area contributed by atoms with Crippen LogP contribution in [0.3, 0.4) is 0 Å². The van der Waals surface area contributed by atoms with Crippen molar-refractivity contribution in [2.75, 3.05) is 23.3 Å². The van der Waals surface area contributed by atoms with Crippen LogP contribution in [-0.2, 0) is 4.79 Å². The Balaban J connectivity index is 1.97. The molecular weight excluding hydrogens is 279 g/mol. The number of benzene rings is 1. The number of nitrogens with zero attached hydrogens (tertiary/aromatic N) is 1. The summed E-state index contributed by atoms with van der Waals surface area (Å²) in [4.78, 5) is 24.9. The molecule has 0 aliphatic carbocycles. The molecule has 2 aliphatic heterocycles. The second kappa shape index (κ2) is 4.77. The van der Waals surface area contributed by atoms with Crippen LogP contribution in [0.1, 0.15) is 24.2 Å². The summed E-state index contributed by atoms with van der Waals surface area (Å²) in [6, 6.07) is 2.74. The maximum Gasteiger partial charge on any atom is 0.296 e. The lowest BCUT2D eigenvalue weighted by Gasteiger charge is -2.36. The lowest BCUT2D eigenvalue weighted by molar-refractivity contribution is -0.112. The van der Waals surface area contributed by atoms with E-state index >= 15 is 0 Å². The number of anilines is 2. The standard InChI is InChI=1S/C14H15FN2O2S/c1-7-5-17(6-8(2)20-7)12-4-11-9(3-10(12)15)13(18)14(19)16-11/h3-4,7-8H,5-6H2,1-2H3,(H,16,18,19). The van der Waals surface area contributed by atoms with E-state index in [1.165, 1.54) is 6.07 Å². The number of thioether (sulfide) groups is 1. The van der Waals surface area contributed by atoms with Crippen LogP contribution in [0, 0.1) is 5.82 Å². The van der Waals surface area contributed by atoms with Crippen molar-refractivity contribution in [2.45, 2.75) is 24.3 Å². The normalized spacial score (nSPS) is 25.6. The van der Waals surface area contributed by atoms with E-state index in [1.54, 1.807) is 6.07 Å². The van der Waals surface area contributed by atoms with Crippen LogP contribution in [-0.4, -0.2) is 35.3 Å². The van der Waals surface area contributed by atoms with Crippen LogP contribution in [0.25, 0.3) is 0 Å². The van der Waals surface area contributed by atoms with Gasteiger partial charge in [-0.2, -0.15) is 11.8 Å². The Hall–Kier alpha value is -1.56. The molecule has 1 aromatic rings. The summed E-state index contributed by atoms with van der Waals surface area (Å²) >= 11 is 1.88. The van der Waals surface area contributed by atoms with Crippen molar-refractivity contribution in [3.63, 3.8) is 0 Å². The Labute approximate surface area is 120 Å². The molecule has 4 nitrogen and oxygen atoms in total. The number of carbonyl (C=O) groups excluding carboxylic acids is 2. The molecule has 1 saturated heterocycles. The topological polar surface area (TPSA) is 49.4 Å². The minimum Gasteiger partial charge on any atom is -0.367 e. The van der Waals surface area contributed by atoms with Gasteiger partial charge >= 0.3 is 0 Å². The lowest BCUT2D eigenvalue weighted by atomic mass is 10.1. The number of amides is 1. The molecule has 1 fully saturated rings. The first-order chi connectivity index (χ1) is 9.45. The maximum atomic E-state index is 14.2. The van der Waals surface area contributed by atoms with Crippen molar-refractivity contribution >= 4 is 34.8 Å². The molecule has 3 rings (SSSR count). The Bertz CT molecular complexity index is 595. The third kappa shape index (κ3) is 2.18. The minimum absolute atomic E-state index is 0.128. The van der Waals surface area contributed by atoms with Gasteiger partial charge in [0, 0.05) is 23.6 Å². The fourth-order valence-corrected chi connectivity index (χ4v) is 4.10. The predicted molar refractivity (Wildman–Crippen MR) is 78.1 cm³/mol. The van der Waals surface area contributed by atoms with Gasteiger partial charge in [0.2, 0.25) is 0 Å². The van der Waals surface area contributed by atoms with Crippen molar-refractivity contribution in [2.24, 2.45) is 0 Å². The lowest BCUT2D eigenvalue weighted by Crippen LogP contribution is -2.40. The molecular formula is C14H15FN2O2S. The van der Waals surface area contributed by atoms with Gasteiger partial charge in [-0.05, 0) is 12.1 Å². The van der Waals surface area contributed by atoms with Gasteiger partial charge in [0.25, 0.3) is 11.7 Å². The van der Waals surface area contributed by atoms with Crippen LogP contribution in [0.15, 0.2) is 12.1 Å². The van der Waals surface area contributed by atoms with Gasteiger partial charge in [0.15, 0.2) is 0 Å². The molecule has 20 heavy (non-hydrogen) atoms. The summed E-state index contributed by atoms with van der Waals surface area (Å²) in [7, 11) is 0. The molecule has 0 bridgehead atoms. The highest BCUT2D eigenvalue weighted by atomic mass is 32.2. The number of nitrogens with one attached hydrogen (secondary N) is 1. The van der Waals surface area contributed by atoms with Crippen LogP contribution in [0.4, 0.5) is 15.8 Å². The van der Waals surface area contributed by atoms with Gasteiger partial charge in [-0.3, -0.25) is 9.59 Å². The van der Waals surface area contributed by atoms with Crippen LogP contribution in [0.2, 0.25) is 0 Å². The summed E-state index contributed by atoms with van der Waals surface area (Å²) in [5, 5.41) is 3.33. The molecule has 2 unspecified atom stereocenters. The van der Waals surface area contributed by atoms with E-state index in [0.717, 1.165) is 13.1 Å². The number of rotatable bonds is 1. The molecule has 0 aromatic heterocycles. The molecule has 6 heteroatoms. The van der Waals surface area contributed by atoms with E-state index in [0.29, 0.717) is 21.9 Å². The second-order valence-electron chi connectivity index (χ2n) is 5.29. The molecule has 0 radical (unpaired) electrons. The van der Waals surface area contributed by atoms with Gasteiger partial charge in [0.1, 0.15) is 5.82 Å². The van der Waals surface area contributed by atoms with E-state index in [9.17, 15) is 14.0 Å². The molecule has 1 N–H and O–H groups in total. The predicted octanol–water partition coefficient (Wildman–Crippen LogP) is 2.29. The summed E-state index contributed by atoms with van der Waals surface area (Å²) in [6.45, 7) is 5.74. The maximum absolute atomic E-state index is 14.2. The Kier molecular flexibility index (Phi) is 3.20. The van der Waals surface area contributed by atoms with Gasteiger partial charge in [-0.15, -0.1) is 0 Å². The highest BCUT2D eigenvalue weighted by molar-refractivity contribution is 8.00. The van der Waals surface area contributed by atoms with Gasteiger partial charge < -0.3 is 10.2 Å². The van der Waals surface area contributed by atoms with Gasteiger partial charge in [-0.1, -0.05) is 13.8 Å². The van der Waals surface area contributed by atoms with Crippen LogP contribution >= 0.6 is 11.8 Å². The number of fused-ring (bicyclic) bond motifs is 1. The van der Waals surface area contributed by atoms with E-state index in [-0.39, 0.29) is 5.56 Å². The molecule has 0 saturated carbocycles. The van der Waals surface area contributed by atoms with E-state index in [1.807, 2.05) is 16.7 Å². The largest absolute Gasteiger partial charge is 0.367 e. The number of hydrogen-bond acceptors (Lipinski definition) is 4. The Morgan fingerprint density at radius 1 is 1.25 bits per heavy atom. The van der Waals surface area contributed by atoms with Crippen molar-refractivity contribution in [3.8, 4) is 0 Å². The molecule has 0 spiro atoms. The summed E-state index contributed by atoms with van der Waals surface area (Å²) < 4.78 is 14.2. The minimum atomic E-state index is -0.688. The zero-order valence-electron chi connectivity index (χ0n) is 11.3.